The highest BCUT2D eigenvalue weighted by Crippen LogP contribution is 2.38. The number of aryl methyl sites for hydroxylation is 1. The summed E-state index contributed by atoms with van der Waals surface area (Å²) in [7, 11) is 3.05. The second-order valence-electron chi connectivity index (χ2n) is 3.80. The Morgan fingerprint density at radius 3 is 2.17 bits per heavy atom. The lowest BCUT2D eigenvalue weighted by atomic mass is 10.2. The summed E-state index contributed by atoms with van der Waals surface area (Å²) < 4.78 is 15.8. The number of alkyl halides is 1. The maximum atomic E-state index is 11.8. The lowest BCUT2D eigenvalue weighted by Crippen LogP contribution is -2.20. The minimum absolute atomic E-state index is 0.313. The van der Waals surface area contributed by atoms with Gasteiger partial charge >= 0.3 is 5.97 Å². The number of halogens is 1. The van der Waals surface area contributed by atoms with Crippen LogP contribution in [0, 0.1) is 6.92 Å². The average molecular weight is 317 g/mol. The van der Waals surface area contributed by atoms with Gasteiger partial charge in [-0.3, -0.25) is 4.79 Å². The molecule has 1 aromatic rings. The molecule has 0 aliphatic heterocycles. The third-order valence-corrected chi connectivity index (χ3v) is 3.44. The molecule has 0 spiro atoms. The molecule has 0 radical (unpaired) electrons. The zero-order valence-corrected chi connectivity index (χ0v) is 12.5. The standard InChI is InChI=1S/C13H17BrO4/c1-5-9(14)13(15)18-12-10(16-3)6-8(2)7-11(12)17-4/h6-7,9H,5H2,1-4H3/t9-/m1/s1. The number of rotatable bonds is 5. The lowest BCUT2D eigenvalue weighted by Gasteiger charge is -2.15. The zero-order valence-electron chi connectivity index (χ0n) is 11.0. The van der Waals surface area contributed by atoms with Crippen LogP contribution in [0.15, 0.2) is 12.1 Å². The van der Waals surface area contributed by atoms with Crippen molar-refractivity contribution in [3.63, 3.8) is 0 Å². The molecule has 0 saturated heterocycles. The Morgan fingerprint density at radius 1 is 1.28 bits per heavy atom. The first-order valence-corrected chi connectivity index (χ1v) is 6.53. The number of hydrogen-bond acceptors (Lipinski definition) is 4. The Kier molecular flexibility index (Phi) is 5.47. The van der Waals surface area contributed by atoms with Gasteiger partial charge in [-0.05, 0) is 31.0 Å². The van der Waals surface area contributed by atoms with E-state index in [1.165, 1.54) is 14.2 Å². The van der Waals surface area contributed by atoms with Gasteiger partial charge in [-0.25, -0.2) is 0 Å². The molecular formula is C13H17BrO4. The predicted octanol–water partition coefficient (Wildman–Crippen LogP) is 3.09. The second-order valence-corrected chi connectivity index (χ2v) is 4.90. The summed E-state index contributed by atoms with van der Waals surface area (Å²) in [6.07, 6.45) is 0.648. The van der Waals surface area contributed by atoms with Gasteiger partial charge in [-0.1, -0.05) is 22.9 Å². The highest BCUT2D eigenvalue weighted by molar-refractivity contribution is 9.10. The van der Waals surface area contributed by atoms with E-state index in [2.05, 4.69) is 15.9 Å². The molecule has 0 aromatic heterocycles. The third kappa shape index (κ3) is 3.38. The number of benzene rings is 1. The molecule has 0 bridgehead atoms. The van der Waals surface area contributed by atoms with Crippen LogP contribution >= 0.6 is 15.9 Å². The Labute approximate surface area is 115 Å². The molecule has 0 fully saturated rings. The molecule has 5 heteroatoms. The molecule has 4 nitrogen and oxygen atoms in total. The van der Waals surface area contributed by atoms with Crippen LogP contribution in [0.3, 0.4) is 0 Å². The van der Waals surface area contributed by atoms with Gasteiger partial charge in [0, 0.05) is 0 Å². The van der Waals surface area contributed by atoms with Crippen molar-refractivity contribution >= 4 is 21.9 Å². The van der Waals surface area contributed by atoms with E-state index >= 15 is 0 Å². The van der Waals surface area contributed by atoms with Gasteiger partial charge in [0.1, 0.15) is 4.83 Å². The topological polar surface area (TPSA) is 44.8 Å². The highest BCUT2D eigenvalue weighted by Gasteiger charge is 2.20. The summed E-state index contributed by atoms with van der Waals surface area (Å²) in [6.45, 7) is 3.81. The van der Waals surface area contributed by atoms with E-state index in [4.69, 9.17) is 14.2 Å². The zero-order chi connectivity index (χ0) is 13.7. The Hall–Kier alpha value is -1.23. The molecule has 1 aromatic carbocycles. The second kappa shape index (κ2) is 6.64. The van der Waals surface area contributed by atoms with E-state index in [9.17, 15) is 4.79 Å². The molecule has 0 saturated carbocycles. The Morgan fingerprint density at radius 2 is 1.78 bits per heavy atom. The molecule has 1 rings (SSSR count). The number of hydrogen-bond donors (Lipinski definition) is 0. The summed E-state index contributed by atoms with van der Waals surface area (Å²) in [6, 6.07) is 3.58. The monoisotopic (exact) mass is 316 g/mol. The molecular weight excluding hydrogens is 300 g/mol. The van der Waals surface area contributed by atoms with Crippen LogP contribution in [0.2, 0.25) is 0 Å². The highest BCUT2D eigenvalue weighted by atomic mass is 79.9. The van der Waals surface area contributed by atoms with Gasteiger partial charge in [0.15, 0.2) is 11.5 Å². The molecule has 0 amide bonds. The van der Waals surface area contributed by atoms with Crippen LogP contribution in [0.25, 0.3) is 0 Å². The molecule has 0 aliphatic rings. The van der Waals surface area contributed by atoms with Crippen LogP contribution in [0.1, 0.15) is 18.9 Å². The van der Waals surface area contributed by atoms with Crippen molar-refractivity contribution in [3.05, 3.63) is 17.7 Å². The van der Waals surface area contributed by atoms with Gasteiger partial charge in [-0.2, -0.15) is 0 Å². The van der Waals surface area contributed by atoms with Crippen molar-refractivity contribution in [2.24, 2.45) is 0 Å². The van der Waals surface area contributed by atoms with Gasteiger partial charge in [-0.15, -0.1) is 0 Å². The fourth-order valence-electron chi connectivity index (χ4n) is 1.44. The first kappa shape index (κ1) is 14.8. The van der Waals surface area contributed by atoms with Crippen molar-refractivity contribution in [2.75, 3.05) is 14.2 Å². The maximum Gasteiger partial charge on any atom is 0.325 e. The van der Waals surface area contributed by atoms with E-state index in [0.29, 0.717) is 23.7 Å². The molecule has 0 aliphatic carbocycles. The van der Waals surface area contributed by atoms with Gasteiger partial charge in [0.25, 0.3) is 0 Å². The fourth-order valence-corrected chi connectivity index (χ4v) is 1.54. The summed E-state index contributed by atoms with van der Waals surface area (Å²) in [5, 5.41) is 0. The number of carbonyl (C=O) groups excluding carboxylic acids is 1. The molecule has 0 unspecified atom stereocenters. The van der Waals surface area contributed by atoms with Crippen molar-refractivity contribution < 1.29 is 19.0 Å². The molecule has 1 atom stereocenters. The maximum absolute atomic E-state index is 11.8. The van der Waals surface area contributed by atoms with Gasteiger partial charge in [0.05, 0.1) is 14.2 Å². The SMILES string of the molecule is CC[C@@H](Br)C(=O)Oc1c(OC)cc(C)cc1OC. The van der Waals surface area contributed by atoms with E-state index in [0.717, 1.165) is 5.56 Å². The summed E-state index contributed by atoms with van der Waals surface area (Å²) in [5.74, 6) is 0.915. The molecule has 18 heavy (non-hydrogen) atoms. The third-order valence-electron chi connectivity index (χ3n) is 2.42. The summed E-state index contributed by atoms with van der Waals surface area (Å²) in [5.41, 5.74) is 0.967. The van der Waals surface area contributed by atoms with E-state index in [-0.39, 0.29) is 10.8 Å². The Balaban J connectivity index is 3.09. The van der Waals surface area contributed by atoms with Crippen LogP contribution in [0.4, 0.5) is 0 Å². The fraction of sp³-hybridized carbons (Fsp3) is 0.462. The lowest BCUT2D eigenvalue weighted by molar-refractivity contribution is -0.133. The molecule has 100 valence electrons. The van der Waals surface area contributed by atoms with Gasteiger partial charge in [0.2, 0.25) is 5.75 Å². The van der Waals surface area contributed by atoms with Crippen LogP contribution in [0.5, 0.6) is 17.2 Å². The number of ether oxygens (including phenoxy) is 3. The minimum atomic E-state index is -0.363. The summed E-state index contributed by atoms with van der Waals surface area (Å²) in [4.78, 5) is 11.4. The van der Waals surface area contributed by atoms with Crippen LogP contribution in [-0.2, 0) is 4.79 Å². The first-order valence-electron chi connectivity index (χ1n) is 5.61. The normalized spacial score (nSPS) is 11.8. The van der Waals surface area contributed by atoms with Crippen molar-refractivity contribution in [1.82, 2.24) is 0 Å². The first-order chi connectivity index (χ1) is 8.53. The van der Waals surface area contributed by atoms with Crippen LogP contribution in [-0.4, -0.2) is 25.0 Å². The van der Waals surface area contributed by atoms with E-state index in [1.807, 2.05) is 13.8 Å². The molecule has 0 N–H and O–H groups in total. The van der Waals surface area contributed by atoms with Crippen molar-refractivity contribution in [2.45, 2.75) is 25.1 Å². The number of carbonyl (C=O) groups is 1. The van der Waals surface area contributed by atoms with Crippen molar-refractivity contribution in [3.8, 4) is 17.2 Å². The summed E-state index contributed by atoms with van der Waals surface area (Å²) >= 11 is 3.25. The van der Waals surface area contributed by atoms with Crippen molar-refractivity contribution in [1.29, 1.82) is 0 Å². The van der Waals surface area contributed by atoms with Crippen LogP contribution < -0.4 is 14.2 Å². The Bertz CT molecular complexity index is 406. The smallest absolute Gasteiger partial charge is 0.325 e. The quantitative estimate of drug-likeness (QED) is 0.475. The number of methoxy groups -OCH3 is 2. The van der Waals surface area contributed by atoms with E-state index in [1.54, 1.807) is 12.1 Å². The predicted molar refractivity (Wildman–Crippen MR) is 72.9 cm³/mol. The largest absolute Gasteiger partial charge is 0.493 e. The molecule has 0 heterocycles. The minimum Gasteiger partial charge on any atom is -0.493 e. The number of esters is 1. The average Bonchev–Trinajstić information content (AvgIpc) is 2.38. The van der Waals surface area contributed by atoms with E-state index < -0.39 is 0 Å². The van der Waals surface area contributed by atoms with Gasteiger partial charge < -0.3 is 14.2 Å².